The quantitative estimate of drug-likeness (QED) is 0.679. The average Bonchev–Trinajstić information content (AvgIpc) is 3.45. The van der Waals surface area contributed by atoms with Crippen molar-refractivity contribution in [3.63, 3.8) is 0 Å². The van der Waals surface area contributed by atoms with Gasteiger partial charge in [0.15, 0.2) is 17.2 Å². The molecule has 0 bridgehead atoms. The molecule has 7 nitrogen and oxygen atoms in total. The van der Waals surface area contributed by atoms with Gasteiger partial charge in [-0.3, -0.25) is 14.4 Å². The molecule has 4 rings (SSSR count). The van der Waals surface area contributed by atoms with Gasteiger partial charge in [-0.2, -0.15) is 0 Å². The van der Waals surface area contributed by atoms with Crippen LogP contribution in [0.3, 0.4) is 0 Å². The van der Waals surface area contributed by atoms with Gasteiger partial charge in [-0.1, -0.05) is 6.07 Å². The van der Waals surface area contributed by atoms with Gasteiger partial charge >= 0.3 is 0 Å². The van der Waals surface area contributed by atoms with Crippen LogP contribution in [0.1, 0.15) is 46.2 Å². The van der Waals surface area contributed by atoms with Crippen molar-refractivity contribution in [1.29, 1.82) is 0 Å². The van der Waals surface area contributed by atoms with Crippen LogP contribution in [-0.2, 0) is 12.0 Å². The van der Waals surface area contributed by atoms with Crippen molar-refractivity contribution in [3.8, 4) is 5.75 Å². The molecule has 1 aliphatic carbocycles. The van der Waals surface area contributed by atoms with Crippen molar-refractivity contribution in [3.05, 3.63) is 63.1 Å². The highest BCUT2D eigenvalue weighted by Crippen LogP contribution is 2.53. The summed E-state index contributed by atoms with van der Waals surface area (Å²) in [6.07, 6.45) is 1.53. The third-order valence-electron chi connectivity index (χ3n) is 6.36. The van der Waals surface area contributed by atoms with Crippen molar-refractivity contribution in [2.24, 2.45) is 5.92 Å². The summed E-state index contributed by atoms with van der Waals surface area (Å²) < 4.78 is 28.4. The molecule has 2 N–H and O–H groups in total. The van der Waals surface area contributed by atoms with Gasteiger partial charge in [0.05, 0.1) is 11.1 Å². The topological polar surface area (TPSA) is 99.8 Å². The second-order valence-corrected chi connectivity index (χ2v) is 8.10. The van der Waals surface area contributed by atoms with Gasteiger partial charge in [0.2, 0.25) is 5.43 Å². The number of amides is 1. The molecule has 0 saturated heterocycles. The number of benzene rings is 1. The number of aromatic hydroxyl groups is 1. The number of aryl methyl sites for hydroxylation is 1. The summed E-state index contributed by atoms with van der Waals surface area (Å²) in [5.41, 5.74) is -2.00. The summed E-state index contributed by atoms with van der Waals surface area (Å²) in [6, 6.07) is 3.04. The van der Waals surface area contributed by atoms with Crippen LogP contribution in [0.2, 0.25) is 0 Å². The number of nitrogens with zero attached hydrogens (tertiary/aromatic N) is 2. The van der Waals surface area contributed by atoms with Gasteiger partial charge in [0.1, 0.15) is 11.6 Å². The van der Waals surface area contributed by atoms with E-state index < -0.39 is 40.0 Å². The molecule has 2 aromatic rings. The minimum atomic E-state index is -0.960. The lowest BCUT2D eigenvalue weighted by Crippen LogP contribution is -2.49. The van der Waals surface area contributed by atoms with Gasteiger partial charge in [-0.05, 0) is 31.4 Å². The average molecular weight is 432 g/mol. The first-order valence-corrected chi connectivity index (χ1v) is 10.1. The van der Waals surface area contributed by atoms with Gasteiger partial charge in [0.25, 0.3) is 5.91 Å². The monoisotopic (exact) mass is 432 g/mol. The molecule has 31 heavy (non-hydrogen) atoms. The number of halogens is 2. The van der Waals surface area contributed by atoms with Crippen LogP contribution in [0.4, 0.5) is 8.78 Å². The van der Waals surface area contributed by atoms with E-state index in [4.69, 9.17) is 0 Å². The van der Waals surface area contributed by atoms with E-state index in [1.807, 2.05) is 0 Å². The Kier molecular flexibility index (Phi) is 5.17. The van der Waals surface area contributed by atoms with E-state index in [-0.39, 0.29) is 42.2 Å². The van der Waals surface area contributed by atoms with Crippen molar-refractivity contribution in [2.45, 2.75) is 31.7 Å². The van der Waals surface area contributed by atoms with E-state index >= 15 is 0 Å². The number of hydrogen-bond acceptors (Lipinski definition) is 5. The second kappa shape index (κ2) is 7.56. The summed E-state index contributed by atoms with van der Waals surface area (Å²) in [6.45, 7) is 2.32. The molecule has 1 aromatic carbocycles. The molecule has 1 saturated carbocycles. The zero-order valence-corrected chi connectivity index (χ0v) is 16.9. The molecule has 2 atom stereocenters. The van der Waals surface area contributed by atoms with E-state index in [0.717, 1.165) is 12.1 Å². The summed E-state index contributed by atoms with van der Waals surface area (Å²) in [5.74, 6) is -3.63. The van der Waals surface area contributed by atoms with Crippen LogP contribution in [0.15, 0.2) is 29.2 Å². The summed E-state index contributed by atoms with van der Waals surface area (Å²) in [7, 11) is 0. The molecule has 0 unspecified atom stereocenters. The Balaban J connectivity index is 1.70. The Morgan fingerprint density at radius 3 is 2.65 bits per heavy atom. The van der Waals surface area contributed by atoms with E-state index in [9.17, 15) is 33.4 Å². The number of likely N-dealkylation sites (N-methyl/N-ethyl adjacent to an activating group) is 1. The first-order valence-electron chi connectivity index (χ1n) is 10.1. The zero-order chi connectivity index (χ0) is 22.5. The van der Waals surface area contributed by atoms with Gasteiger partial charge in [0, 0.05) is 44.3 Å². The number of pyridine rings is 1. The fourth-order valence-electron chi connectivity index (χ4n) is 4.44. The predicted molar refractivity (Wildman–Crippen MR) is 106 cm³/mol. The molecule has 2 heterocycles. The maximum absolute atomic E-state index is 13.9. The van der Waals surface area contributed by atoms with Crippen molar-refractivity contribution in [1.82, 2.24) is 9.47 Å². The molecule has 2 aliphatic rings. The van der Waals surface area contributed by atoms with Crippen molar-refractivity contribution >= 4 is 11.7 Å². The molecule has 1 aliphatic heterocycles. The molecule has 1 amide bonds. The molecule has 0 radical (unpaired) electrons. The minimum Gasteiger partial charge on any atom is -0.503 e. The molecular weight excluding hydrogens is 410 g/mol. The number of aliphatic hydroxyl groups excluding tert-OH is 1. The molecule has 9 heteroatoms. The molecule has 1 spiro atoms. The van der Waals surface area contributed by atoms with Crippen LogP contribution >= 0.6 is 0 Å². The number of Topliss-reactive ketones (excluding diaryl/α,β-unsaturated/α-hetero) is 1. The summed E-state index contributed by atoms with van der Waals surface area (Å²) in [5, 5.41) is 20.2. The maximum atomic E-state index is 13.9. The first kappa shape index (κ1) is 21.2. The van der Waals surface area contributed by atoms with Crippen molar-refractivity contribution < 1.29 is 28.6 Å². The number of carbonyl (C=O) groups is 2. The number of aromatic nitrogens is 1. The third-order valence-corrected chi connectivity index (χ3v) is 6.36. The Bertz CT molecular complexity index is 1150. The van der Waals surface area contributed by atoms with Crippen LogP contribution in [0, 0.1) is 17.6 Å². The highest BCUT2D eigenvalue weighted by Gasteiger charge is 2.60. The Hall–Kier alpha value is -3.07. The largest absolute Gasteiger partial charge is 0.503 e. The van der Waals surface area contributed by atoms with E-state index in [1.54, 1.807) is 6.92 Å². The number of fused-ring (bicyclic) bond motifs is 2. The van der Waals surface area contributed by atoms with E-state index in [1.165, 1.54) is 21.7 Å². The van der Waals surface area contributed by atoms with Gasteiger partial charge < -0.3 is 19.7 Å². The Labute approximate surface area is 176 Å². The summed E-state index contributed by atoms with van der Waals surface area (Å²) in [4.78, 5) is 39.8. The highest BCUT2D eigenvalue weighted by molar-refractivity contribution is 6.00. The molecule has 1 fully saturated rings. The highest BCUT2D eigenvalue weighted by atomic mass is 19.1. The van der Waals surface area contributed by atoms with Crippen LogP contribution in [0.25, 0.3) is 0 Å². The molecule has 164 valence electrons. The Morgan fingerprint density at radius 2 is 2.03 bits per heavy atom. The summed E-state index contributed by atoms with van der Waals surface area (Å²) >= 11 is 0. The van der Waals surface area contributed by atoms with Gasteiger partial charge in [-0.25, -0.2) is 8.78 Å². The number of rotatable bonds is 6. The number of hydrogen-bond donors (Lipinski definition) is 2. The fraction of sp³-hybridized carbons (Fsp3) is 0.409. The molecule has 1 aromatic heterocycles. The second-order valence-electron chi connectivity index (χ2n) is 8.10. The molecular formula is C22H22F2N2O5. The van der Waals surface area contributed by atoms with Crippen molar-refractivity contribution in [2.75, 3.05) is 19.7 Å². The Morgan fingerprint density at radius 1 is 1.29 bits per heavy atom. The minimum absolute atomic E-state index is 0.0557. The normalized spacial score (nSPS) is 22.0. The lowest BCUT2D eigenvalue weighted by Gasteiger charge is -2.37. The maximum Gasteiger partial charge on any atom is 0.274 e. The van der Waals surface area contributed by atoms with E-state index in [0.29, 0.717) is 19.5 Å². The standard InChI is InChI=1S/C22H22F2N2O5/c1-2-25-11-22(8-13(22)10-27)26-9-15(19(29)20(30)18(26)21(25)31)17(28)6-4-12-3-5-14(23)7-16(12)24/h3,5,7,9,13,27,30H,2,4,6,8,10-11H2,1H3/t13-,22-/m1/s1. The van der Waals surface area contributed by atoms with Gasteiger partial charge in [-0.15, -0.1) is 0 Å². The van der Waals surface area contributed by atoms with Crippen LogP contribution in [0.5, 0.6) is 5.75 Å². The SMILES string of the molecule is CCN1C[C@@]2(C[C@@H]2CO)n2cc(C(=O)CCc3ccc(F)cc3F)c(=O)c(O)c2C1=O. The lowest BCUT2D eigenvalue weighted by atomic mass is 10.00. The predicted octanol–water partition coefficient (Wildman–Crippen LogP) is 1.83. The van der Waals surface area contributed by atoms with Crippen LogP contribution in [-0.4, -0.2) is 51.1 Å². The first-order chi connectivity index (χ1) is 14.7. The number of ketones is 1. The third kappa shape index (κ3) is 3.33. The number of carbonyl (C=O) groups excluding carboxylic acids is 2. The van der Waals surface area contributed by atoms with E-state index in [2.05, 4.69) is 0 Å². The smallest absolute Gasteiger partial charge is 0.274 e. The lowest BCUT2D eigenvalue weighted by molar-refractivity contribution is 0.0630. The van der Waals surface area contributed by atoms with Crippen LogP contribution < -0.4 is 5.43 Å². The number of aliphatic hydroxyl groups is 1. The zero-order valence-electron chi connectivity index (χ0n) is 16.9. The fourth-order valence-corrected chi connectivity index (χ4v) is 4.44.